The molecule has 0 saturated carbocycles. The quantitative estimate of drug-likeness (QED) is 0.366. The van der Waals surface area contributed by atoms with Gasteiger partial charge in [0.2, 0.25) is 11.8 Å². The van der Waals surface area contributed by atoms with E-state index in [0.717, 1.165) is 30.3 Å². The number of para-hydroxylation sites is 1. The van der Waals surface area contributed by atoms with Crippen molar-refractivity contribution in [1.82, 2.24) is 5.32 Å². The number of primary amides is 1. The molecule has 0 radical (unpaired) electrons. The lowest BCUT2D eigenvalue weighted by Gasteiger charge is -2.23. The average Bonchev–Trinajstić information content (AvgIpc) is 2.75. The van der Waals surface area contributed by atoms with Crippen molar-refractivity contribution in [2.75, 3.05) is 12.3 Å². The van der Waals surface area contributed by atoms with E-state index >= 15 is 0 Å². The number of nitrogens with one attached hydrogen (secondary N) is 1. The van der Waals surface area contributed by atoms with E-state index in [-0.39, 0.29) is 5.56 Å². The highest BCUT2D eigenvalue weighted by Crippen LogP contribution is 2.38. The number of ether oxygens (including phenoxy) is 1. The number of carbonyl (C=O) groups excluding carboxylic acids is 2. The summed E-state index contributed by atoms with van der Waals surface area (Å²) in [5, 5.41) is 10.7. The number of sulfone groups is 1. The zero-order valence-electron chi connectivity index (χ0n) is 17.7. The first-order valence-corrected chi connectivity index (χ1v) is 11.5. The minimum absolute atomic E-state index is 0.217. The van der Waals surface area contributed by atoms with Crippen LogP contribution in [0.1, 0.15) is 33.0 Å². The van der Waals surface area contributed by atoms with Crippen LogP contribution in [-0.2, 0) is 26.6 Å². The molecule has 0 saturated heterocycles. The first-order chi connectivity index (χ1) is 16.3. The van der Waals surface area contributed by atoms with Crippen LogP contribution in [0, 0.1) is 11.3 Å². The second-order valence-corrected chi connectivity index (χ2v) is 9.21. The van der Waals surface area contributed by atoms with Gasteiger partial charge >= 0.3 is 12.8 Å². The second kappa shape index (κ2) is 11.1. The molecule has 2 aromatic rings. The summed E-state index contributed by atoms with van der Waals surface area (Å²) in [4.78, 5) is 24.3. The number of nitrogens with zero attached hydrogens (tertiary/aromatic N) is 1. The molecule has 35 heavy (non-hydrogen) atoms. The maximum absolute atomic E-state index is 13.9. The Labute approximate surface area is 196 Å². The smallest absolute Gasteiger partial charge is 0.417 e. The number of hydrogen-bond donors (Lipinski definition) is 2. The topological polar surface area (TPSA) is 139 Å². The van der Waals surface area contributed by atoms with E-state index in [9.17, 15) is 40.0 Å². The van der Waals surface area contributed by atoms with Gasteiger partial charge in [-0.15, -0.1) is 0 Å². The number of benzene rings is 2. The molecule has 14 heteroatoms. The largest absolute Gasteiger partial charge is 0.435 e. The van der Waals surface area contributed by atoms with Gasteiger partial charge in [-0.3, -0.25) is 9.59 Å². The predicted molar refractivity (Wildman–Crippen MR) is 112 cm³/mol. The summed E-state index contributed by atoms with van der Waals surface area (Å²) in [6.07, 6.45) is -5.20. The van der Waals surface area contributed by atoms with Gasteiger partial charge in [0.15, 0.2) is 9.84 Å². The molecule has 1 atom stereocenters. The van der Waals surface area contributed by atoms with Crippen LogP contribution in [0.4, 0.5) is 22.0 Å². The van der Waals surface area contributed by atoms with Gasteiger partial charge in [0.05, 0.1) is 34.6 Å². The predicted octanol–water partition coefficient (Wildman–Crippen LogP) is 2.74. The molecule has 188 valence electrons. The van der Waals surface area contributed by atoms with Gasteiger partial charge in [-0.1, -0.05) is 30.3 Å². The van der Waals surface area contributed by atoms with Crippen molar-refractivity contribution in [2.45, 2.75) is 24.5 Å². The number of halogens is 5. The van der Waals surface area contributed by atoms with Gasteiger partial charge in [0.25, 0.3) is 0 Å². The van der Waals surface area contributed by atoms with E-state index in [1.165, 1.54) is 12.1 Å². The zero-order chi connectivity index (χ0) is 26.4. The van der Waals surface area contributed by atoms with Gasteiger partial charge < -0.3 is 15.8 Å². The second-order valence-electron chi connectivity index (χ2n) is 7.10. The molecule has 2 amide bonds. The fourth-order valence-corrected chi connectivity index (χ4v) is 4.99. The van der Waals surface area contributed by atoms with Crippen molar-refractivity contribution in [3.63, 3.8) is 0 Å². The molecule has 2 aromatic carbocycles. The molecule has 0 aliphatic rings. The van der Waals surface area contributed by atoms with Crippen LogP contribution < -0.4 is 15.8 Å². The number of hydrogen-bond acceptors (Lipinski definition) is 6. The molecule has 0 spiro atoms. The summed E-state index contributed by atoms with van der Waals surface area (Å²) in [5.41, 5.74) is 1.39. The van der Waals surface area contributed by atoms with Gasteiger partial charge in [-0.05, 0) is 17.7 Å². The average molecular weight is 519 g/mol. The molecule has 0 aliphatic heterocycles. The monoisotopic (exact) mass is 519 g/mol. The van der Waals surface area contributed by atoms with E-state index in [4.69, 9.17) is 11.0 Å². The Bertz CT molecular complexity index is 1240. The lowest BCUT2D eigenvalue weighted by atomic mass is 9.90. The first-order valence-electron chi connectivity index (χ1n) is 9.64. The molecular formula is C21H18F5N3O5S. The van der Waals surface area contributed by atoms with E-state index in [1.807, 2.05) is 5.32 Å². The molecule has 2 rings (SSSR count). The number of rotatable bonds is 10. The third kappa shape index (κ3) is 7.38. The normalized spacial score (nSPS) is 12.6. The highest BCUT2D eigenvalue weighted by Gasteiger charge is 2.41. The molecule has 0 fully saturated rings. The van der Waals surface area contributed by atoms with E-state index in [0.29, 0.717) is 0 Å². The van der Waals surface area contributed by atoms with Gasteiger partial charge in [0, 0.05) is 5.56 Å². The lowest BCUT2D eigenvalue weighted by molar-refractivity contribution is -0.139. The van der Waals surface area contributed by atoms with Crippen molar-refractivity contribution >= 4 is 21.7 Å². The van der Waals surface area contributed by atoms with E-state index in [1.54, 1.807) is 6.07 Å². The van der Waals surface area contributed by atoms with Crippen molar-refractivity contribution in [2.24, 2.45) is 5.73 Å². The Morgan fingerprint density at radius 3 is 2.34 bits per heavy atom. The molecule has 0 heterocycles. The minimum Gasteiger partial charge on any atom is -0.435 e. The Hall–Kier alpha value is -3.73. The Morgan fingerprint density at radius 2 is 1.77 bits per heavy atom. The maximum Gasteiger partial charge on any atom is 0.417 e. The highest BCUT2D eigenvalue weighted by atomic mass is 32.2. The van der Waals surface area contributed by atoms with Crippen LogP contribution in [0.2, 0.25) is 0 Å². The Kier molecular flexibility index (Phi) is 8.75. The third-order valence-electron chi connectivity index (χ3n) is 4.66. The SMILES string of the molecule is N#CCNC(=O)[C@H](CS(=O)(=O)Cc1ccccc1OC(F)F)c1cccc(C(N)=O)c1C(F)(F)F. The molecule has 3 N–H and O–H groups in total. The number of nitrogens with two attached hydrogens (primary N) is 1. The summed E-state index contributed by atoms with van der Waals surface area (Å²) in [6, 6.07) is 8.99. The van der Waals surface area contributed by atoms with Gasteiger partial charge in [0.1, 0.15) is 12.3 Å². The van der Waals surface area contributed by atoms with Crippen molar-refractivity contribution < 1.29 is 44.7 Å². The highest BCUT2D eigenvalue weighted by molar-refractivity contribution is 7.90. The molecule has 0 unspecified atom stereocenters. The van der Waals surface area contributed by atoms with Crippen molar-refractivity contribution in [3.05, 3.63) is 64.7 Å². The fourth-order valence-electron chi connectivity index (χ4n) is 3.32. The van der Waals surface area contributed by atoms with Crippen molar-refractivity contribution in [3.8, 4) is 11.8 Å². The number of carbonyl (C=O) groups is 2. The molecule has 0 bridgehead atoms. The van der Waals surface area contributed by atoms with Crippen LogP contribution in [0.3, 0.4) is 0 Å². The number of nitriles is 1. The van der Waals surface area contributed by atoms with E-state index < -0.39 is 80.8 Å². The summed E-state index contributed by atoms with van der Waals surface area (Å²) in [6.45, 7) is -3.91. The summed E-state index contributed by atoms with van der Waals surface area (Å²) in [5.74, 6) is -7.35. The Morgan fingerprint density at radius 1 is 1.11 bits per heavy atom. The Balaban J connectivity index is 2.58. The van der Waals surface area contributed by atoms with Gasteiger partial charge in [-0.25, -0.2) is 8.42 Å². The summed E-state index contributed by atoms with van der Waals surface area (Å²) >= 11 is 0. The van der Waals surface area contributed by atoms with Crippen LogP contribution in [0.5, 0.6) is 5.75 Å². The maximum atomic E-state index is 13.9. The summed E-state index contributed by atoms with van der Waals surface area (Å²) in [7, 11) is -4.46. The molecular weight excluding hydrogens is 501 g/mol. The lowest BCUT2D eigenvalue weighted by Crippen LogP contribution is -2.35. The minimum atomic E-state index is -5.20. The van der Waals surface area contributed by atoms with Crippen molar-refractivity contribution in [1.29, 1.82) is 5.26 Å². The summed E-state index contributed by atoms with van der Waals surface area (Å²) < 4.78 is 97.0. The van der Waals surface area contributed by atoms with Crippen LogP contribution >= 0.6 is 0 Å². The third-order valence-corrected chi connectivity index (χ3v) is 6.26. The standard InChI is InChI=1S/C21H18F5N3O5S/c22-20(23)34-16-7-2-1-4-12(16)10-35(32,33)11-15(19(31)29-9-8-27)13-5-3-6-14(18(28)30)17(13)21(24,25)26/h1-7,15,20H,9-11H2,(H2,28,30)(H,29,31)/t15-/m1/s1. The van der Waals surface area contributed by atoms with Crippen LogP contribution in [0.15, 0.2) is 42.5 Å². The molecule has 8 nitrogen and oxygen atoms in total. The zero-order valence-corrected chi connectivity index (χ0v) is 18.5. The first kappa shape index (κ1) is 27.5. The fraction of sp³-hybridized carbons (Fsp3) is 0.286. The van der Waals surface area contributed by atoms with Crippen LogP contribution in [-0.4, -0.2) is 39.1 Å². The molecule has 0 aromatic heterocycles. The molecule has 0 aliphatic carbocycles. The number of amides is 2. The number of alkyl halides is 5. The van der Waals surface area contributed by atoms with Gasteiger partial charge in [-0.2, -0.15) is 27.2 Å². The van der Waals surface area contributed by atoms with Crippen LogP contribution in [0.25, 0.3) is 0 Å². The van der Waals surface area contributed by atoms with E-state index in [2.05, 4.69) is 4.74 Å².